The molecule has 2 aromatic carbocycles. The Labute approximate surface area is 135 Å². The smallest absolute Gasteiger partial charge is 0.316 e. The largest absolute Gasteiger partial charge is 0.322 e. The number of hydrogen-bond acceptors (Lipinski definition) is 1. The van der Waals surface area contributed by atoms with E-state index in [9.17, 15) is 13.6 Å². The van der Waals surface area contributed by atoms with Crippen LogP contribution in [-0.2, 0) is 13.1 Å². The maximum Gasteiger partial charge on any atom is 0.322 e. The minimum atomic E-state index is -0.812. The van der Waals surface area contributed by atoms with Crippen LogP contribution in [0.25, 0.3) is 0 Å². The van der Waals surface area contributed by atoms with Gasteiger partial charge in [0.1, 0.15) is 5.69 Å². The summed E-state index contributed by atoms with van der Waals surface area (Å²) in [5, 5.41) is 2.32. The zero-order valence-electron chi connectivity index (χ0n) is 11.8. The van der Waals surface area contributed by atoms with Crippen molar-refractivity contribution in [1.82, 2.24) is 4.90 Å². The van der Waals surface area contributed by atoms with E-state index in [0.29, 0.717) is 13.1 Å². The summed E-state index contributed by atoms with van der Waals surface area (Å²) in [6.07, 6.45) is 0. The van der Waals surface area contributed by atoms with Gasteiger partial charge >= 0.3 is 6.03 Å². The Balaban J connectivity index is 1.79. The van der Waals surface area contributed by atoms with Gasteiger partial charge in [-0.05, 0) is 35.7 Å². The molecule has 1 aliphatic rings. The van der Waals surface area contributed by atoms with Crippen LogP contribution in [0.2, 0.25) is 0 Å². The lowest BCUT2D eigenvalue weighted by Gasteiger charge is -2.17. The van der Waals surface area contributed by atoms with Crippen LogP contribution in [-0.4, -0.2) is 10.9 Å². The number of nitrogens with one attached hydrogen (secondary N) is 1. The third-order valence-electron chi connectivity index (χ3n) is 3.74. The Bertz CT molecular complexity index is 741. The van der Waals surface area contributed by atoms with Crippen molar-refractivity contribution >= 4 is 27.6 Å². The molecular formula is C16H13BrF2N2O. The molecule has 0 saturated carbocycles. The predicted molar refractivity (Wildman–Crippen MR) is 83.5 cm³/mol. The Morgan fingerprint density at radius 1 is 1.23 bits per heavy atom. The number of aryl methyl sites for hydroxylation is 1. The van der Waals surface area contributed by atoms with Gasteiger partial charge in [-0.2, -0.15) is 0 Å². The van der Waals surface area contributed by atoms with Gasteiger partial charge in [-0.1, -0.05) is 34.1 Å². The van der Waals surface area contributed by atoms with Crippen molar-refractivity contribution in [3.8, 4) is 0 Å². The molecular weight excluding hydrogens is 354 g/mol. The molecule has 2 amide bonds. The first-order chi connectivity index (χ1) is 10.5. The van der Waals surface area contributed by atoms with Gasteiger partial charge in [0.15, 0.2) is 11.6 Å². The fraction of sp³-hybridized carbons (Fsp3) is 0.188. The third kappa shape index (κ3) is 2.70. The molecule has 2 aromatic rings. The molecule has 6 heteroatoms. The normalized spacial score (nSPS) is 13.2. The maximum absolute atomic E-state index is 13.8. The zero-order valence-corrected chi connectivity index (χ0v) is 13.4. The second-order valence-corrected chi connectivity index (χ2v) is 6.16. The Kier molecular flexibility index (Phi) is 3.87. The van der Waals surface area contributed by atoms with E-state index in [1.807, 2.05) is 25.1 Å². The molecule has 22 heavy (non-hydrogen) atoms. The van der Waals surface area contributed by atoms with E-state index in [0.717, 1.165) is 28.8 Å². The van der Waals surface area contributed by atoms with Gasteiger partial charge < -0.3 is 10.2 Å². The minimum absolute atomic E-state index is 0.282. The van der Waals surface area contributed by atoms with E-state index in [-0.39, 0.29) is 4.47 Å². The number of fused-ring (bicyclic) bond motifs is 1. The van der Waals surface area contributed by atoms with Crippen molar-refractivity contribution in [1.29, 1.82) is 0 Å². The number of carbonyl (C=O) groups excluding carboxylic acids is 1. The first-order valence-electron chi connectivity index (χ1n) is 6.73. The number of nitrogens with zero attached hydrogens (tertiary/aromatic N) is 1. The van der Waals surface area contributed by atoms with Crippen molar-refractivity contribution in [3.63, 3.8) is 0 Å². The molecule has 0 aromatic heterocycles. The zero-order chi connectivity index (χ0) is 15.9. The molecule has 1 aliphatic heterocycles. The summed E-state index contributed by atoms with van der Waals surface area (Å²) in [6.45, 7) is 2.85. The molecule has 0 radical (unpaired) electrons. The van der Waals surface area contributed by atoms with Gasteiger partial charge in [-0.15, -0.1) is 0 Å². The predicted octanol–water partition coefficient (Wildman–Crippen LogP) is 4.58. The Morgan fingerprint density at radius 3 is 2.55 bits per heavy atom. The number of amides is 2. The first-order valence-corrected chi connectivity index (χ1v) is 7.53. The lowest BCUT2D eigenvalue weighted by Crippen LogP contribution is -2.31. The highest BCUT2D eigenvalue weighted by molar-refractivity contribution is 9.10. The number of carbonyl (C=O) groups is 1. The fourth-order valence-corrected chi connectivity index (χ4v) is 2.98. The molecule has 0 saturated heterocycles. The van der Waals surface area contributed by atoms with Crippen molar-refractivity contribution in [3.05, 3.63) is 63.1 Å². The van der Waals surface area contributed by atoms with Crippen LogP contribution in [0.4, 0.5) is 19.3 Å². The average Bonchev–Trinajstić information content (AvgIpc) is 2.88. The Morgan fingerprint density at radius 2 is 1.91 bits per heavy atom. The molecule has 3 nitrogen and oxygen atoms in total. The van der Waals surface area contributed by atoms with Crippen LogP contribution in [0.15, 0.2) is 34.8 Å². The van der Waals surface area contributed by atoms with Gasteiger partial charge in [0.05, 0.1) is 0 Å². The van der Waals surface area contributed by atoms with E-state index in [2.05, 4.69) is 21.2 Å². The molecule has 0 atom stereocenters. The summed E-state index contributed by atoms with van der Waals surface area (Å²) >= 11 is 3.00. The van der Waals surface area contributed by atoms with E-state index in [1.54, 1.807) is 0 Å². The molecule has 114 valence electrons. The van der Waals surface area contributed by atoms with Crippen molar-refractivity contribution in [2.45, 2.75) is 20.0 Å². The number of halogens is 3. The summed E-state index contributed by atoms with van der Waals surface area (Å²) in [5.41, 5.74) is 2.83. The van der Waals surface area contributed by atoms with Gasteiger partial charge in [0, 0.05) is 17.6 Å². The van der Waals surface area contributed by atoms with Crippen LogP contribution in [0.5, 0.6) is 0 Å². The topological polar surface area (TPSA) is 32.3 Å². The highest BCUT2D eigenvalue weighted by atomic mass is 79.9. The van der Waals surface area contributed by atoms with Gasteiger partial charge in [-0.25, -0.2) is 13.6 Å². The highest BCUT2D eigenvalue weighted by Crippen LogP contribution is 2.28. The molecule has 0 bridgehead atoms. The molecule has 1 N–H and O–H groups in total. The first kappa shape index (κ1) is 15.0. The average molecular weight is 367 g/mol. The summed E-state index contributed by atoms with van der Waals surface area (Å²) in [6, 6.07) is 7.58. The summed E-state index contributed by atoms with van der Waals surface area (Å²) < 4.78 is 27.8. The van der Waals surface area contributed by atoms with Crippen LogP contribution in [0.3, 0.4) is 0 Å². The highest BCUT2D eigenvalue weighted by Gasteiger charge is 2.25. The molecule has 0 unspecified atom stereocenters. The maximum atomic E-state index is 13.8. The number of rotatable bonds is 1. The fourth-order valence-electron chi connectivity index (χ4n) is 2.58. The van der Waals surface area contributed by atoms with Crippen molar-refractivity contribution in [2.24, 2.45) is 0 Å². The van der Waals surface area contributed by atoms with Crippen LogP contribution < -0.4 is 5.32 Å². The number of benzene rings is 2. The van der Waals surface area contributed by atoms with E-state index >= 15 is 0 Å². The summed E-state index contributed by atoms with van der Waals surface area (Å²) in [4.78, 5) is 13.8. The lowest BCUT2D eigenvalue weighted by molar-refractivity contribution is 0.212. The van der Waals surface area contributed by atoms with Gasteiger partial charge in [-0.3, -0.25) is 0 Å². The molecule has 3 rings (SSSR count). The molecule has 0 fully saturated rings. The summed E-state index contributed by atoms with van der Waals surface area (Å²) in [7, 11) is 0. The molecule has 0 spiro atoms. The minimum Gasteiger partial charge on any atom is -0.316 e. The van der Waals surface area contributed by atoms with E-state index in [4.69, 9.17) is 0 Å². The lowest BCUT2D eigenvalue weighted by atomic mass is 10.1. The van der Waals surface area contributed by atoms with Crippen LogP contribution in [0.1, 0.15) is 16.7 Å². The van der Waals surface area contributed by atoms with E-state index < -0.39 is 23.4 Å². The molecule has 0 aliphatic carbocycles. The van der Waals surface area contributed by atoms with Gasteiger partial charge in [0.25, 0.3) is 0 Å². The number of hydrogen-bond donors (Lipinski definition) is 1. The van der Waals surface area contributed by atoms with Crippen LogP contribution in [0, 0.1) is 18.6 Å². The van der Waals surface area contributed by atoms with E-state index in [1.165, 1.54) is 4.90 Å². The number of anilines is 1. The summed E-state index contributed by atoms with van der Waals surface area (Å²) in [5.74, 6) is -1.62. The third-order valence-corrected chi connectivity index (χ3v) is 4.20. The molecule has 1 heterocycles. The van der Waals surface area contributed by atoms with Crippen LogP contribution >= 0.6 is 15.9 Å². The second kappa shape index (κ2) is 5.68. The van der Waals surface area contributed by atoms with Gasteiger partial charge in [0.2, 0.25) is 0 Å². The monoisotopic (exact) mass is 366 g/mol. The quantitative estimate of drug-likeness (QED) is 0.786. The van der Waals surface area contributed by atoms with Crippen molar-refractivity contribution in [2.75, 3.05) is 5.32 Å². The SMILES string of the molecule is Cc1cccc2c1CN(C(=O)Nc1c(F)cc(Br)cc1F)C2. The second-order valence-electron chi connectivity index (χ2n) is 5.24. The Hall–Kier alpha value is -1.95. The number of urea groups is 1. The standard InChI is InChI=1S/C16H13BrF2N2O/c1-9-3-2-4-10-7-21(8-12(9)10)16(22)20-15-13(18)5-11(17)6-14(15)19/h2-6H,7-8H2,1H3,(H,20,22). The van der Waals surface area contributed by atoms with Crippen molar-refractivity contribution < 1.29 is 13.6 Å².